The molecule has 7 heteroatoms. The minimum absolute atomic E-state index is 0.582. The first-order valence-electron chi connectivity index (χ1n) is 8.69. The van der Waals surface area contributed by atoms with Crippen LogP contribution in [-0.4, -0.2) is 52.0 Å². The number of guanidine groups is 1. The van der Waals surface area contributed by atoms with E-state index in [0.29, 0.717) is 5.92 Å². The Bertz CT molecular complexity index is 490. The van der Waals surface area contributed by atoms with Crippen LogP contribution in [0, 0.1) is 5.92 Å². The van der Waals surface area contributed by atoms with Gasteiger partial charge in [0, 0.05) is 43.6 Å². The zero-order chi connectivity index (χ0) is 17.0. The minimum atomic E-state index is 0.582. The Morgan fingerprint density at radius 3 is 3.08 bits per heavy atom. The summed E-state index contributed by atoms with van der Waals surface area (Å²) in [6.45, 7) is 7.84. The van der Waals surface area contributed by atoms with E-state index in [2.05, 4.69) is 28.6 Å². The summed E-state index contributed by atoms with van der Waals surface area (Å²) in [5.41, 5.74) is 0. The molecule has 1 aromatic rings. The van der Waals surface area contributed by atoms with Gasteiger partial charge in [-0.15, -0.1) is 11.3 Å². The van der Waals surface area contributed by atoms with E-state index in [4.69, 9.17) is 21.1 Å². The number of nitrogens with one attached hydrogen (secondary N) is 2. The fourth-order valence-electron chi connectivity index (χ4n) is 2.45. The van der Waals surface area contributed by atoms with Crippen LogP contribution >= 0.6 is 22.9 Å². The Kier molecular flexibility index (Phi) is 9.50. The van der Waals surface area contributed by atoms with Gasteiger partial charge in [0.1, 0.15) is 0 Å². The predicted octanol–water partition coefficient (Wildman–Crippen LogP) is 2.94. The van der Waals surface area contributed by atoms with Crippen LogP contribution in [0.4, 0.5) is 0 Å². The molecule has 5 nitrogen and oxygen atoms in total. The predicted molar refractivity (Wildman–Crippen MR) is 101 cm³/mol. The molecule has 1 saturated heterocycles. The maximum Gasteiger partial charge on any atom is 0.191 e. The van der Waals surface area contributed by atoms with Crippen molar-refractivity contribution in [1.82, 2.24) is 10.6 Å². The molecule has 1 atom stereocenters. The number of rotatable bonds is 10. The molecule has 2 N–H and O–H groups in total. The topological polar surface area (TPSA) is 54.9 Å². The number of hydrogen-bond acceptors (Lipinski definition) is 4. The van der Waals surface area contributed by atoms with Crippen LogP contribution in [0.5, 0.6) is 0 Å². The Labute approximate surface area is 153 Å². The third-order valence-corrected chi connectivity index (χ3v) is 5.02. The molecular formula is C17H28ClN3O2S. The van der Waals surface area contributed by atoms with Gasteiger partial charge in [-0.1, -0.05) is 11.6 Å². The number of thiophene rings is 1. The van der Waals surface area contributed by atoms with Crippen LogP contribution < -0.4 is 10.6 Å². The highest BCUT2D eigenvalue weighted by Gasteiger charge is 2.15. The zero-order valence-electron chi connectivity index (χ0n) is 14.4. The molecule has 2 heterocycles. The van der Waals surface area contributed by atoms with Gasteiger partial charge < -0.3 is 20.1 Å². The molecule has 1 unspecified atom stereocenters. The normalized spacial score (nSPS) is 18.1. The quantitative estimate of drug-likeness (QED) is 0.376. The number of aliphatic imine (C=N–C) groups is 1. The summed E-state index contributed by atoms with van der Waals surface area (Å²) >= 11 is 7.58. The molecule has 0 saturated carbocycles. The van der Waals surface area contributed by atoms with Crippen molar-refractivity contribution in [2.75, 3.05) is 46.1 Å². The van der Waals surface area contributed by atoms with Gasteiger partial charge in [0.2, 0.25) is 0 Å². The van der Waals surface area contributed by atoms with Crippen molar-refractivity contribution in [2.24, 2.45) is 10.9 Å². The summed E-state index contributed by atoms with van der Waals surface area (Å²) in [4.78, 5) is 5.87. The SMILES string of the molecule is CCNC(=NCCCOCC1CCOC1)NCCc1ccc(Cl)s1. The van der Waals surface area contributed by atoms with E-state index in [9.17, 15) is 0 Å². The van der Waals surface area contributed by atoms with Crippen molar-refractivity contribution in [3.8, 4) is 0 Å². The van der Waals surface area contributed by atoms with Gasteiger partial charge in [0.15, 0.2) is 5.96 Å². The lowest BCUT2D eigenvalue weighted by Gasteiger charge is -2.11. The van der Waals surface area contributed by atoms with E-state index >= 15 is 0 Å². The fraction of sp³-hybridized carbons (Fsp3) is 0.706. The smallest absolute Gasteiger partial charge is 0.191 e. The summed E-state index contributed by atoms with van der Waals surface area (Å²) in [6, 6.07) is 4.02. The maximum absolute atomic E-state index is 5.95. The molecule has 2 rings (SSSR count). The molecule has 1 aliphatic heterocycles. The van der Waals surface area contributed by atoms with E-state index in [1.54, 1.807) is 11.3 Å². The van der Waals surface area contributed by atoms with Gasteiger partial charge >= 0.3 is 0 Å². The average Bonchev–Trinajstić information content (AvgIpc) is 3.22. The second-order valence-corrected chi connectivity index (χ2v) is 7.60. The third-order valence-electron chi connectivity index (χ3n) is 3.73. The Balaban J connectivity index is 1.57. The van der Waals surface area contributed by atoms with Crippen LogP contribution in [0.25, 0.3) is 0 Å². The minimum Gasteiger partial charge on any atom is -0.381 e. The fourth-order valence-corrected chi connectivity index (χ4v) is 3.54. The molecule has 136 valence electrons. The van der Waals surface area contributed by atoms with Gasteiger partial charge in [-0.2, -0.15) is 0 Å². The van der Waals surface area contributed by atoms with Crippen LogP contribution in [0.15, 0.2) is 17.1 Å². The lowest BCUT2D eigenvalue weighted by Crippen LogP contribution is -2.38. The molecule has 1 fully saturated rings. The van der Waals surface area contributed by atoms with Gasteiger partial charge in [0.05, 0.1) is 17.6 Å². The van der Waals surface area contributed by atoms with E-state index in [-0.39, 0.29) is 0 Å². The Morgan fingerprint density at radius 2 is 2.38 bits per heavy atom. The largest absolute Gasteiger partial charge is 0.381 e. The Hall–Kier alpha value is -0.820. The van der Waals surface area contributed by atoms with Crippen LogP contribution in [-0.2, 0) is 15.9 Å². The molecule has 1 aliphatic rings. The molecule has 0 radical (unpaired) electrons. The summed E-state index contributed by atoms with van der Waals surface area (Å²) in [5, 5.41) is 6.63. The summed E-state index contributed by atoms with van der Waals surface area (Å²) in [7, 11) is 0. The Morgan fingerprint density at radius 1 is 1.46 bits per heavy atom. The van der Waals surface area contributed by atoms with Crippen molar-refractivity contribution in [1.29, 1.82) is 0 Å². The second-order valence-electron chi connectivity index (χ2n) is 5.80. The van der Waals surface area contributed by atoms with E-state index < -0.39 is 0 Å². The van der Waals surface area contributed by atoms with Crippen LogP contribution in [0.2, 0.25) is 4.34 Å². The molecule has 24 heavy (non-hydrogen) atoms. The lowest BCUT2D eigenvalue weighted by molar-refractivity contribution is 0.0893. The highest BCUT2D eigenvalue weighted by molar-refractivity contribution is 7.16. The highest BCUT2D eigenvalue weighted by Crippen LogP contribution is 2.21. The monoisotopic (exact) mass is 373 g/mol. The van der Waals surface area contributed by atoms with Crippen molar-refractivity contribution in [2.45, 2.75) is 26.2 Å². The molecule has 1 aromatic heterocycles. The van der Waals surface area contributed by atoms with E-state index in [1.165, 1.54) is 4.88 Å². The van der Waals surface area contributed by atoms with Crippen molar-refractivity contribution < 1.29 is 9.47 Å². The molecule has 0 aromatic carbocycles. The van der Waals surface area contributed by atoms with Gasteiger partial charge in [0.25, 0.3) is 0 Å². The summed E-state index contributed by atoms with van der Waals surface area (Å²) in [6.07, 6.45) is 3.02. The van der Waals surface area contributed by atoms with Crippen molar-refractivity contribution in [3.63, 3.8) is 0 Å². The number of hydrogen-bond donors (Lipinski definition) is 2. The average molecular weight is 374 g/mol. The standard InChI is InChI=1S/C17H28ClN3O2S/c1-2-19-17(21-9-6-15-4-5-16(18)24-15)20-8-3-10-22-12-14-7-11-23-13-14/h4-5,14H,2-3,6-13H2,1H3,(H2,19,20,21). The number of halogens is 1. The van der Waals surface area contributed by atoms with Crippen molar-refractivity contribution >= 4 is 28.9 Å². The number of nitrogens with zero attached hydrogens (tertiary/aromatic N) is 1. The third kappa shape index (κ3) is 7.83. The molecular weight excluding hydrogens is 346 g/mol. The summed E-state index contributed by atoms with van der Waals surface area (Å²) in [5.74, 6) is 1.45. The second kappa shape index (κ2) is 11.7. The summed E-state index contributed by atoms with van der Waals surface area (Å²) < 4.78 is 11.9. The van der Waals surface area contributed by atoms with Crippen LogP contribution in [0.1, 0.15) is 24.6 Å². The lowest BCUT2D eigenvalue weighted by atomic mass is 10.1. The van der Waals surface area contributed by atoms with E-state index in [0.717, 1.165) is 75.6 Å². The van der Waals surface area contributed by atoms with Crippen molar-refractivity contribution in [3.05, 3.63) is 21.3 Å². The molecule has 0 amide bonds. The highest BCUT2D eigenvalue weighted by atomic mass is 35.5. The maximum atomic E-state index is 5.95. The first-order valence-corrected chi connectivity index (χ1v) is 9.89. The molecule has 0 spiro atoms. The number of ether oxygens (including phenoxy) is 2. The molecule has 0 aliphatic carbocycles. The molecule has 0 bridgehead atoms. The zero-order valence-corrected chi connectivity index (χ0v) is 15.9. The van der Waals surface area contributed by atoms with Crippen LogP contribution in [0.3, 0.4) is 0 Å². The first-order chi connectivity index (χ1) is 11.8. The van der Waals surface area contributed by atoms with Gasteiger partial charge in [-0.25, -0.2) is 0 Å². The van der Waals surface area contributed by atoms with Gasteiger partial charge in [-0.05, 0) is 38.3 Å². The van der Waals surface area contributed by atoms with Gasteiger partial charge in [-0.3, -0.25) is 4.99 Å². The van der Waals surface area contributed by atoms with E-state index in [1.807, 2.05) is 6.07 Å². The first kappa shape index (κ1) is 19.5.